The SMILES string of the molecule is O=C(Nc1nccs1)c1cc(Cl)cc(Cl)c1OC(F)F. The van der Waals surface area contributed by atoms with Gasteiger partial charge in [-0.05, 0) is 12.1 Å². The van der Waals surface area contributed by atoms with Crippen LogP contribution in [0.25, 0.3) is 0 Å². The van der Waals surface area contributed by atoms with Gasteiger partial charge in [0.15, 0.2) is 10.9 Å². The van der Waals surface area contributed by atoms with Gasteiger partial charge in [-0.2, -0.15) is 8.78 Å². The quantitative estimate of drug-likeness (QED) is 0.903. The van der Waals surface area contributed by atoms with Gasteiger partial charge in [-0.25, -0.2) is 4.98 Å². The Morgan fingerprint density at radius 3 is 2.75 bits per heavy atom. The van der Waals surface area contributed by atoms with E-state index in [4.69, 9.17) is 23.2 Å². The highest BCUT2D eigenvalue weighted by Crippen LogP contribution is 2.34. The van der Waals surface area contributed by atoms with E-state index in [2.05, 4.69) is 15.0 Å². The molecule has 0 fully saturated rings. The average Bonchev–Trinajstić information content (AvgIpc) is 2.84. The third kappa shape index (κ3) is 3.56. The van der Waals surface area contributed by atoms with E-state index in [0.29, 0.717) is 5.13 Å². The second-order valence-corrected chi connectivity index (χ2v) is 5.17. The topological polar surface area (TPSA) is 51.2 Å². The Morgan fingerprint density at radius 2 is 2.15 bits per heavy atom. The summed E-state index contributed by atoms with van der Waals surface area (Å²) in [6, 6.07) is 2.40. The number of nitrogens with zero attached hydrogens (tertiary/aromatic N) is 1. The van der Waals surface area contributed by atoms with Crippen molar-refractivity contribution in [2.45, 2.75) is 6.61 Å². The summed E-state index contributed by atoms with van der Waals surface area (Å²) in [6.07, 6.45) is 1.49. The molecule has 1 heterocycles. The molecule has 0 saturated heterocycles. The number of hydrogen-bond acceptors (Lipinski definition) is 4. The van der Waals surface area contributed by atoms with E-state index in [1.165, 1.54) is 29.7 Å². The number of hydrogen-bond donors (Lipinski definition) is 1. The number of ether oxygens (including phenoxy) is 1. The lowest BCUT2D eigenvalue weighted by molar-refractivity contribution is -0.0500. The minimum absolute atomic E-state index is 0.126. The van der Waals surface area contributed by atoms with Crippen LogP contribution in [0.4, 0.5) is 13.9 Å². The largest absolute Gasteiger partial charge is 0.432 e. The summed E-state index contributed by atoms with van der Waals surface area (Å²) in [5.41, 5.74) is -0.196. The molecule has 0 spiro atoms. The number of rotatable bonds is 4. The molecule has 9 heteroatoms. The number of thiazole rings is 1. The van der Waals surface area contributed by atoms with Crippen LogP contribution in [0.2, 0.25) is 10.0 Å². The zero-order chi connectivity index (χ0) is 14.7. The van der Waals surface area contributed by atoms with Crippen molar-refractivity contribution in [2.24, 2.45) is 0 Å². The van der Waals surface area contributed by atoms with Gasteiger partial charge in [-0.3, -0.25) is 10.1 Å². The molecule has 0 aliphatic heterocycles. The van der Waals surface area contributed by atoms with Gasteiger partial charge in [0.1, 0.15) is 0 Å². The fourth-order valence-corrected chi connectivity index (χ4v) is 2.45. The van der Waals surface area contributed by atoms with Gasteiger partial charge in [0.05, 0.1) is 10.6 Å². The van der Waals surface area contributed by atoms with Gasteiger partial charge >= 0.3 is 6.61 Å². The van der Waals surface area contributed by atoms with Gasteiger partial charge in [-0.15, -0.1) is 11.3 Å². The Bertz CT molecular complexity index is 623. The first kappa shape index (κ1) is 15.0. The number of benzene rings is 1. The Labute approximate surface area is 126 Å². The molecule has 1 aromatic carbocycles. The summed E-state index contributed by atoms with van der Waals surface area (Å²) in [5, 5.41) is 4.34. The molecule has 0 saturated carbocycles. The third-order valence-corrected chi connectivity index (χ3v) is 3.30. The summed E-state index contributed by atoms with van der Waals surface area (Å²) in [5.74, 6) is -1.12. The van der Waals surface area contributed by atoms with Gasteiger partial charge in [0.25, 0.3) is 5.91 Å². The third-order valence-electron chi connectivity index (χ3n) is 2.11. The fourth-order valence-electron chi connectivity index (χ4n) is 1.39. The molecule has 0 bridgehead atoms. The van der Waals surface area contributed by atoms with Crippen LogP contribution in [0.1, 0.15) is 10.4 Å². The molecule has 2 aromatic rings. The molecular weight excluding hydrogens is 333 g/mol. The van der Waals surface area contributed by atoms with Crippen LogP contribution in [-0.2, 0) is 0 Å². The van der Waals surface area contributed by atoms with E-state index < -0.39 is 18.3 Å². The highest BCUT2D eigenvalue weighted by atomic mass is 35.5. The van der Waals surface area contributed by atoms with Crippen LogP contribution in [0.15, 0.2) is 23.7 Å². The van der Waals surface area contributed by atoms with Gasteiger partial charge in [0.2, 0.25) is 0 Å². The van der Waals surface area contributed by atoms with Crippen LogP contribution in [0.5, 0.6) is 5.75 Å². The number of alkyl halides is 2. The number of aromatic nitrogens is 1. The Hall–Kier alpha value is -1.44. The standard InChI is InChI=1S/C11H6Cl2F2N2O2S/c12-5-3-6(8(7(13)4-5)19-10(14)15)9(18)17-11-16-1-2-20-11/h1-4,10H,(H,16,17,18). The van der Waals surface area contributed by atoms with Crippen molar-refractivity contribution in [1.29, 1.82) is 0 Å². The summed E-state index contributed by atoms with van der Waals surface area (Å²) in [6.45, 7) is -3.11. The number of nitrogens with one attached hydrogen (secondary N) is 1. The predicted molar refractivity (Wildman–Crippen MR) is 73.2 cm³/mol. The number of carbonyl (C=O) groups is 1. The minimum atomic E-state index is -3.11. The molecular formula is C11H6Cl2F2N2O2S. The van der Waals surface area contributed by atoms with E-state index in [1.807, 2.05) is 0 Å². The van der Waals surface area contributed by atoms with Crippen molar-refractivity contribution >= 4 is 45.6 Å². The fraction of sp³-hybridized carbons (Fsp3) is 0.0909. The number of halogens is 4. The maximum absolute atomic E-state index is 12.4. The second kappa shape index (κ2) is 6.34. The Kier molecular flexibility index (Phi) is 4.74. The average molecular weight is 339 g/mol. The van der Waals surface area contributed by atoms with Gasteiger partial charge < -0.3 is 4.74 Å². The van der Waals surface area contributed by atoms with E-state index in [0.717, 1.165) is 0 Å². The molecule has 0 radical (unpaired) electrons. The Morgan fingerprint density at radius 1 is 1.40 bits per heavy atom. The first-order chi connectivity index (χ1) is 9.47. The molecule has 106 valence electrons. The van der Waals surface area contributed by atoms with Crippen molar-refractivity contribution in [2.75, 3.05) is 5.32 Å². The van der Waals surface area contributed by atoms with Crippen LogP contribution >= 0.6 is 34.5 Å². The van der Waals surface area contributed by atoms with Crippen molar-refractivity contribution in [3.8, 4) is 5.75 Å². The first-order valence-electron chi connectivity index (χ1n) is 5.12. The zero-order valence-corrected chi connectivity index (χ0v) is 11.9. The summed E-state index contributed by atoms with van der Waals surface area (Å²) < 4.78 is 29.0. The van der Waals surface area contributed by atoms with E-state index in [-0.39, 0.29) is 15.6 Å². The first-order valence-corrected chi connectivity index (χ1v) is 6.75. The molecule has 1 amide bonds. The highest BCUT2D eigenvalue weighted by Gasteiger charge is 2.20. The molecule has 1 aromatic heterocycles. The van der Waals surface area contributed by atoms with Gasteiger partial charge in [-0.1, -0.05) is 23.2 Å². The smallest absolute Gasteiger partial charge is 0.387 e. The van der Waals surface area contributed by atoms with E-state index in [1.54, 1.807) is 5.38 Å². The molecule has 1 N–H and O–H groups in total. The summed E-state index contributed by atoms with van der Waals surface area (Å²) in [7, 11) is 0. The normalized spacial score (nSPS) is 10.7. The maximum atomic E-state index is 12.4. The molecule has 0 aliphatic carbocycles. The van der Waals surface area contributed by atoms with E-state index >= 15 is 0 Å². The lowest BCUT2D eigenvalue weighted by Crippen LogP contribution is -2.15. The predicted octanol–water partition coefficient (Wildman–Crippen LogP) is 4.30. The van der Waals surface area contributed by atoms with Crippen molar-refractivity contribution in [1.82, 2.24) is 4.98 Å². The molecule has 2 rings (SSSR count). The van der Waals surface area contributed by atoms with Crippen molar-refractivity contribution in [3.05, 3.63) is 39.3 Å². The molecule has 0 unspecified atom stereocenters. The molecule has 4 nitrogen and oxygen atoms in total. The monoisotopic (exact) mass is 338 g/mol. The van der Waals surface area contributed by atoms with Crippen LogP contribution in [-0.4, -0.2) is 17.5 Å². The van der Waals surface area contributed by atoms with Crippen LogP contribution in [0, 0.1) is 0 Å². The van der Waals surface area contributed by atoms with Crippen LogP contribution in [0.3, 0.4) is 0 Å². The van der Waals surface area contributed by atoms with Gasteiger partial charge in [0, 0.05) is 16.6 Å². The second-order valence-electron chi connectivity index (χ2n) is 3.43. The highest BCUT2D eigenvalue weighted by molar-refractivity contribution is 7.13. The molecule has 20 heavy (non-hydrogen) atoms. The molecule has 0 atom stereocenters. The molecule has 0 aliphatic rings. The van der Waals surface area contributed by atoms with Crippen LogP contribution < -0.4 is 10.1 Å². The Balaban J connectivity index is 2.35. The number of anilines is 1. The lowest BCUT2D eigenvalue weighted by Gasteiger charge is -2.12. The van der Waals surface area contributed by atoms with Crippen molar-refractivity contribution in [3.63, 3.8) is 0 Å². The zero-order valence-electron chi connectivity index (χ0n) is 9.57. The maximum Gasteiger partial charge on any atom is 0.387 e. The van der Waals surface area contributed by atoms with Crippen molar-refractivity contribution < 1.29 is 18.3 Å². The number of amides is 1. The summed E-state index contributed by atoms with van der Waals surface area (Å²) in [4.78, 5) is 15.9. The lowest BCUT2D eigenvalue weighted by atomic mass is 10.2. The van der Waals surface area contributed by atoms with E-state index in [9.17, 15) is 13.6 Å². The number of carbonyl (C=O) groups excluding carboxylic acids is 1. The minimum Gasteiger partial charge on any atom is -0.432 e. The summed E-state index contributed by atoms with van der Waals surface area (Å²) >= 11 is 12.7.